The van der Waals surface area contributed by atoms with Crippen LogP contribution in [0.2, 0.25) is 0 Å². The van der Waals surface area contributed by atoms with Gasteiger partial charge < -0.3 is 14.8 Å². The zero-order chi connectivity index (χ0) is 25.8. The van der Waals surface area contributed by atoms with Gasteiger partial charge in [-0.25, -0.2) is 9.59 Å². The Hall–Kier alpha value is -4.05. The third kappa shape index (κ3) is 8.31. The van der Waals surface area contributed by atoms with E-state index in [1.165, 1.54) is 11.0 Å². The Labute approximate surface area is 212 Å². The molecule has 7 nitrogen and oxygen atoms in total. The molecule has 0 aliphatic heterocycles. The molecule has 1 aliphatic rings. The van der Waals surface area contributed by atoms with Gasteiger partial charge >= 0.3 is 18.0 Å². The van der Waals surface area contributed by atoms with Gasteiger partial charge in [0.2, 0.25) is 0 Å². The summed E-state index contributed by atoms with van der Waals surface area (Å²) >= 11 is 0. The van der Waals surface area contributed by atoms with E-state index in [9.17, 15) is 14.4 Å². The molecule has 1 aliphatic carbocycles. The summed E-state index contributed by atoms with van der Waals surface area (Å²) in [5.41, 5.74) is 1.39. The first-order valence-electron chi connectivity index (χ1n) is 12.2. The summed E-state index contributed by atoms with van der Waals surface area (Å²) in [5, 5.41) is 2.86. The number of para-hydroxylation sites is 2. The van der Waals surface area contributed by atoms with Crippen LogP contribution in [0.4, 0.5) is 16.2 Å². The maximum atomic E-state index is 13.0. The largest absolute Gasteiger partial charge is 0.450 e. The standard InChI is InChI=1S/C29H32N2O5/c1-3-35-29(34)30-24-12-10-11-23(21-24)18-20-28(33)36-22(2)17-19-27(32)31(25-13-6-4-7-14-25)26-15-8-5-9-16-26/h4-9,13-16,18,20,22-24H,3,10-12,21H2,1-2H3,(H,30,34)/b20-18+/t22-,23?,24?/m1/s1. The summed E-state index contributed by atoms with van der Waals surface area (Å²) in [6, 6.07) is 18.5. The summed E-state index contributed by atoms with van der Waals surface area (Å²) in [6.07, 6.45) is 5.55. The van der Waals surface area contributed by atoms with Crippen molar-refractivity contribution in [3.63, 3.8) is 0 Å². The molecule has 7 heteroatoms. The van der Waals surface area contributed by atoms with E-state index in [0.717, 1.165) is 25.7 Å². The highest BCUT2D eigenvalue weighted by Crippen LogP contribution is 2.26. The lowest BCUT2D eigenvalue weighted by atomic mass is 9.85. The minimum atomic E-state index is -0.760. The van der Waals surface area contributed by atoms with Crippen molar-refractivity contribution in [3.05, 3.63) is 72.8 Å². The molecule has 1 saturated carbocycles. The molecular weight excluding hydrogens is 456 g/mol. The van der Waals surface area contributed by atoms with Gasteiger partial charge in [0.15, 0.2) is 6.10 Å². The lowest BCUT2D eigenvalue weighted by molar-refractivity contribution is -0.139. The van der Waals surface area contributed by atoms with Crippen molar-refractivity contribution in [3.8, 4) is 11.8 Å². The Morgan fingerprint density at radius 1 is 1.06 bits per heavy atom. The summed E-state index contributed by atoms with van der Waals surface area (Å²) in [4.78, 5) is 38.4. The molecule has 2 aromatic rings. The van der Waals surface area contributed by atoms with Crippen LogP contribution in [0, 0.1) is 17.8 Å². The minimum absolute atomic E-state index is 0.0245. The molecule has 2 aromatic carbocycles. The number of rotatable bonds is 7. The van der Waals surface area contributed by atoms with E-state index >= 15 is 0 Å². The molecule has 0 bridgehead atoms. The third-order valence-corrected chi connectivity index (χ3v) is 5.72. The van der Waals surface area contributed by atoms with Crippen molar-refractivity contribution >= 4 is 29.3 Å². The highest BCUT2D eigenvalue weighted by atomic mass is 16.5. The molecule has 36 heavy (non-hydrogen) atoms. The maximum absolute atomic E-state index is 13.0. The number of hydrogen-bond donors (Lipinski definition) is 1. The van der Waals surface area contributed by atoms with Crippen LogP contribution in [0.5, 0.6) is 0 Å². The molecule has 188 valence electrons. The number of esters is 1. The number of benzene rings is 2. The van der Waals surface area contributed by atoms with Crippen LogP contribution >= 0.6 is 0 Å². The Morgan fingerprint density at radius 2 is 1.69 bits per heavy atom. The summed E-state index contributed by atoms with van der Waals surface area (Å²) in [7, 11) is 0. The Bertz CT molecular complexity index is 1070. The third-order valence-electron chi connectivity index (χ3n) is 5.72. The van der Waals surface area contributed by atoms with E-state index in [4.69, 9.17) is 9.47 Å². The van der Waals surface area contributed by atoms with Crippen LogP contribution in [-0.2, 0) is 19.1 Å². The fourth-order valence-corrected chi connectivity index (χ4v) is 4.09. The second kappa shape index (κ2) is 13.7. The van der Waals surface area contributed by atoms with Crippen molar-refractivity contribution in [2.24, 2.45) is 5.92 Å². The lowest BCUT2D eigenvalue weighted by Crippen LogP contribution is -2.38. The second-order valence-electron chi connectivity index (χ2n) is 8.51. The molecule has 0 spiro atoms. The van der Waals surface area contributed by atoms with Crippen LogP contribution in [0.1, 0.15) is 39.5 Å². The number of nitrogens with zero attached hydrogens (tertiary/aromatic N) is 1. The molecular formula is C29H32N2O5. The Balaban J connectivity index is 1.56. The number of hydrogen-bond acceptors (Lipinski definition) is 5. The first-order valence-corrected chi connectivity index (χ1v) is 12.2. The van der Waals surface area contributed by atoms with Crippen LogP contribution in [0.3, 0.4) is 0 Å². The molecule has 1 fully saturated rings. The molecule has 0 radical (unpaired) electrons. The zero-order valence-corrected chi connectivity index (χ0v) is 20.7. The number of carbonyl (C=O) groups is 3. The summed E-state index contributed by atoms with van der Waals surface area (Å²) in [6.45, 7) is 3.72. The topological polar surface area (TPSA) is 84.9 Å². The fraction of sp³-hybridized carbons (Fsp3) is 0.345. The lowest BCUT2D eigenvalue weighted by Gasteiger charge is -2.27. The van der Waals surface area contributed by atoms with E-state index in [1.807, 2.05) is 66.7 Å². The van der Waals surface area contributed by atoms with Gasteiger partial charge in [0.05, 0.1) is 6.61 Å². The van der Waals surface area contributed by atoms with Crippen LogP contribution in [0.15, 0.2) is 72.8 Å². The zero-order valence-electron chi connectivity index (χ0n) is 20.7. The Morgan fingerprint density at radius 3 is 2.31 bits per heavy atom. The van der Waals surface area contributed by atoms with E-state index in [0.29, 0.717) is 18.0 Å². The number of nitrogens with one attached hydrogen (secondary N) is 1. The van der Waals surface area contributed by atoms with Crippen LogP contribution < -0.4 is 10.2 Å². The highest BCUT2D eigenvalue weighted by molar-refractivity contribution is 6.10. The molecule has 1 N–H and O–H groups in total. The average molecular weight is 489 g/mol. The minimum Gasteiger partial charge on any atom is -0.450 e. The molecule has 0 heterocycles. The number of anilines is 2. The van der Waals surface area contributed by atoms with E-state index in [1.54, 1.807) is 13.8 Å². The van der Waals surface area contributed by atoms with E-state index in [-0.39, 0.29) is 12.0 Å². The smallest absolute Gasteiger partial charge is 0.407 e. The van der Waals surface area contributed by atoms with E-state index < -0.39 is 24.1 Å². The number of amides is 2. The van der Waals surface area contributed by atoms with Crippen molar-refractivity contribution in [2.75, 3.05) is 11.5 Å². The van der Waals surface area contributed by atoms with Gasteiger partial charge in [-0.2, -0.15) is 0 Å². The van der Waals surface area contributed by atoms with Crippen molar-refractivity contribution in [2.45, 2.75) is 51.7 Å². The number of carbonyl (C=O) groups excluding carboxylic acids is 3. The SMILES string of the molecule is CCOC(=O)NC1CCCC(/C=C/C(=O)O[C@H](C)C#CC(=O)N(c2ccccc2)c2ccccc2)C1. The first kappa shape index (κ1) is 26.6. The molecule has 2 unspecified atom stereocenters. The van der Waals surface area contributed by atoms with Gasteiger partial charge in [-0.05, 0) is 75.1 Å². The van der Waals surface area contributed by atoms with Gasteiger partial charge in [0.25, 0.3) is 0 Å². The number of allylic oxidation sites excluding steroid dienone is 1. The second-order valence-corrected chi connectivity index (χ2v) is 8.51. The van der Waals surface area contributed by atoms with Crippen molar-refractivity contribution in [1.82, 2.24) is 5.32 Å². The predicted molar refractivity (Wildman–Crippen MR) is 138 cm³/mol. The maximum Gasteiger partial charge on any atom is 0.407 e. The van der Waals surface area contributed by atoms with Gasteiger partial charge in [0.1, 0.15) is 0 Å². The number of ether oxygens (including phenoxy) is 2. The first-order chi connectivity index (χ1) is 17.5. The van der Waals surface area contributed by atoms with Crippen molar-refractivity contribution in [1.29, 1.82) is 0 Å². The number of alkyl carbamates (subject to hydrolysis) is 1. The molecule has 0 aromatic heterocycles. The average Bonchev–Trinajstić information content (AvgIpc) is 2.88. The highest BCUT2D eigenvalue weighted by Gasteiger charge is 2.22. The molecule has 2 amide bonds. The normalized spacial score (nSPS) is 17.8. The quantitative estimate of drug-likeness (QED) is 0.331. The summed E-state index contributed by atoms with van der Waals surface area (Å²) < 4.78 is 10.3. The van der Waals surface area contributed by atoms with Gasteiger partial charge in [-0.3, -0.25) is 9.69 Å². The predicted octanol–water partition coefficient (Wildman–Crippen LogP) is 5.15. The monoisotopic (exact) mass is 488 g/mol. The molecule has 3 rings (SSSR count). The molecule has 0 saturated heterocycles. The molecule has 3 atom stereocenters. The van der Waals surface area contributed by atoms with E-state index in [2.05, 4.69) is 17.2 Å². The van der Waals surface area contributed by atoms with Crippen LogP contribution in [-0.4, -0.2) is 36.7 Å². The van der Waals surface area contributed by atoms with Gasteiger partial charge in [-0.1, -0.05) is 48.9 Å². The van der Waals surface area contributed by atoms with Crippen LogP contribution in [0.25, 0.3) is 0 Å². The fourth-order valence-electron chi connectivity index (χ4n) is 4.09. The van der Waals surface area contributed by atoms with Gasteiger partial charge in [0, 0.05) is 23.5 Å². The Kier molecular flexibility index (Phi) is 10.1. The van der Waals surface area contributed by atoms with Crippen molar-refractivity contribution < 1.29 is 23.9 Å². The summed E-state index contributed by atoms with van der Waals surface area (Å²) in [5.74, 6) is 4.56. The van der Waals surface area contributed by atoms with Gasteiger partial charge in [-0.15, -0.1) is 0 Å².